The van der Waals surface area contributed by atoms with Gasteiger partial charge < -0.3 is 10.2 Å². The molecule has 2 rings (SSSR count). The molecule has 1 fully saturated rings. The molecule has 0 bridgehead atoms. The maximum absolute atomic E-state index is 13.1. The average molecular weight is 268 g/mol. The van der Waals surface area contributed by atoms with Crippen LogP contribution in [0.25, 0.3) is 0 Å². The molecule has 0 radical (unpaired) electrons. The van der Waals surface area contributed by atoms with Crippen molar-refractivity contribution in [2.24, 2.45) is 5.92 Å². The minimum Gasteiger partial charge on any atom is -0.316 e. The third kappa shape index (κ3) is 4.55. The zero-order chi connectivity index (χ0) is 13.7. The van der Waals surface area contributed by atoms with Crippen LogP contribution in [-0.2, 0) is 6.42 Å². The second-order valence-corrected chi connectivity index (χ2v) is 5.45. The fraction of sp³-hybridized carbons (Fsp3) is 0.600. The molecule has 0 saturated carbocycles. The molecule has 1 saturated heterocycles. The van der Waals surface area contributed by atoms with Crippen molar-refractivity contribution in [3.63, 3.8) is 0 Å². The topological polar surface area (TPSA) is 15.3 Å². The summed E-state index contributed by atoms with van der Waals surface area (Å²) < 4.78 is 25.9. The van der Waals surface area contributed by atoms with Crippen molar-refractivity contribution in [3.05, 3.63) is 35.4 Å². The third-order valence-corrected chi connectivity index (χ3v) is 3.85. The number of hydrogen-bond acceptors (Lipinski definition) is 2. The van der Waals surface area contributed by atoms with Gasteiger partial charge in [-0.2, -0.15) is 0 Å². The van der Waals surface area contributed by atoms with Crippen molar-refractivity contribution in [1.29, 1.82) is 0 Å². The van der Waals surface area contributed by atoms with Crippen molar-refractivity contribution in [1.82, 2.24) is 10.2 Å². The van der Waals surface area contributed by atoms with Gasteiger partial charge in [-0.05, 0) is 69.6 Å². The molecule has 0 amide bonds. The van der Waals surface area contributed by atoms with Gasteiger partial charge in [0.15, 0.2) is 11.6 Å². The summed E-state index contributed by atoms with van der Waals surface area (Å²) in [5.41, 5.74) is 0.855. The highest BCUT2D eigenvalue weighted by molar-refractivity contribution is 5.18. The van der Waals surface area contributed by atoms with E-state index in [1.54, 1.807) is 6.07 Å². The molecule has 1 aromatic rings. The molecule has 1 unspecified atom stereocenters. The number of halogens is 2. The van der Waals surface area contributed by atoms with Crippen LogP contribution in [0.3, 0.4) is 0 Å². The highest BCUT2D eigenvalue weighted by Gasteiger charge is 2.14. The van der Waals surface area contributed by atoms with E-state index in [0.29, 0.717) is 0 Å². The van der Waals surface area contributed by atoms with Gasteiger partial charge in [0.05, 0.1) is 0 Å². The Morgan fingerprint density at radius 1 is 1.26 bits per heavy atom. The summed E-state index contributed by atoms with van der Waals surface area (Å²) in [4.78, 5) is 2.26. The van der Waals surface area contributed by atoms with E-state index in [1.807, 2.05) is 0 Å². The van der Waals surface area contributed by atoms with Gasteiger partial charge in [0, 0.05) is 6.54 Å². The summed E-state index contributed by atoms with van der Waals surface area (Å²) >= 11 is 0. The van der Waals surface area contributed by atoms with E-state index in [1.165, 1.54) is 25.0 Å². The Bertz CT molecular complexity index is 403. The van der Waals surface area contributed by atoms with Gasteiger partial charge in [-0.1, -0.05) is 6.07 Å². The first kappa shape index (κ1) is 14.4. The highest BCUT2D eigenvalue weighted by Crippen LogP contribution is 2.13. The van der Waals surface area contributed by atoms with Gasteiger partial charge in [0.2, 0.25) is 0 Å². The quantitative estimate of drug-likeness (QED) is 0.852. The van der Waals surface area contributed by atoms with E-state index in [-0.39, 0.29) is 0 Å². The van der Waals surface area contributed by atoms with Crippen LogP contribution in [0.5, 0.6) is 0 Å². The number of likely N-dealkylation sites (N-methyl/N-ethyl adjacent to an activating group) is 1. The van der Waals surface area contributed by atoms with Crippen LogP contribution in [0.4, 0.5) is 8.78 Å². The summed E-state index contributed by atoms with van der Waals surface area (Å²) in [5.74, 6) is -0.728. The number of hydrogen-bond donors (Lipinski definition) is 1. The van der Waals surface area contributed by atoms with Crippen molar-refractivity contribution in [2.45, 2.75) is 19.3 Å². The number of rotatable bonds is 6. The number of nitrogens with zero attached hydrogens (tertiary/aromatic N) is 1. The maximum Gasteiger partial charge on any atom is 0.159 e. The first-order chi connectivity index (χ1) is 9.15. The molecule has 0 aromatic heterocycles. The van der Waals surface area contributed by atoms with Crippen LogP contribution in [-0.4, -0.2) is 38.1 Å². The molecular weight excluding hydrogens is 246 g/mol. The Morgan fingerprint density at radius 2 is 2.11 bits per heavy atom. The summed E-state index contributed by atoms with van der Waals surface area (Å²) in [5, 5.41) is 3.37. The Balaban J connectivity index is 1.70. The molecule has 0 spiro atoms. The normalized spacial score (nSPS) is 19.3. The molecule has 1 atom stereocenters. The average Bonchev–Trinajstić information content (AvgIpc) is 2.91. The van der Waals surface area contributed by atoms with Crippen LogP contribution >= 0.6 is 0 Å². The van der Waals surface area contributed by atoms with Crippen molar-refractivity contribution in [2.75, 3.05) is 33.2 Å². The minimum absolute atomic E-state index is 0.753. The second-order valence-electron chi connectivity index (χ2n) is 5.45. The molecule has 1 aromatic carbocycles. The summed E-state index contributed by atoms with van der Waals surface area (Å²) in [6.45, 7) is 4.22. The Hall–Kier alpha value is -1.00. The van der Waals surface area contributed by atoms with Gasteiger partial charge in [-0.3, -0.25) is 0 Å². The van der Waals surface area contributed by atoms with E-state index < -0.39 is 11.6 Å². The Labute approximate surface area is 113 Å². The van der Waals surface area contributed by atoms with Gasteiger partial charge in [-0.25, -0.2) is 8.78 Å². The maximum atomic E-state index is 13.1. The zero-order valence-electron chi connectivity index (χ0n) is 11.5. The lowest BCUT2D eigenvalue weighted by Crippen LogP contribution is -2.24. The molecule has 4 heteroatoms. The summed E-state index contributed by atoms with van der Waals surface area (Å²) in [7, 11) is 2.09. The fourth-order valence-electron chi connectivity index (χ4n) is 2.49. The molecule has 1 aliphatic heterocycles. The lowest BCUT2D eigenvalue weighted by Gasteiger charge is -2.18. The zero-order valence-corrected chi connectivity index (χ0v) is 11.5. The van der Waals surface area contributed by atoms with E-state index in [9.17, 15) is 8.78 Å². The molecule has 106 valence electrons. The fourth-order valence-corrected chi connectivity index (χ4v) is 2.49. The van der Waals surface area contributed by atoms with Crippen LogP contribution in [0, 0.1) is 17.6 Å². The number of benzene rings is 1. The number of nitrogens with one attached hydrogen (secondary N) is 1. The van der Waals surface area contributed by atoms with Crippen molar-refractivity contribution in [3.8, 4) is 0 Å². The SMILES string of the molecule is CN(CCc1ccc(F)c(F)c1)CCC1CCNC1. The highest BCUT2D eigenvalue weighted by atomic mass is 19.2. The van der Waals surface area contributed by atoms with Gasteiger partial charge >= 0.3 is 0 Å². The van der Waals surface area contributed by atoms with Crippen molar-refractivity contribution < 1.29 is 8.78 Å². The lowest BCUT2D eigenvalue weighted by molar-refractivity contribution is 0.308. The molecule has 1 aliphatic rings. The largest absolute Gasteiger partial charge is 0.316 e. The first-order valence-corrected chi connectivity index (χ1v) is 6.98. The van der Waals surface area contributed by atoms with Crippen LogP contribution in [0.2, 0.25) is 0 Å². The third-order valence-electron chi connectivity index (χ3n) is 3.85. The monoisotopic (exact) mass is 268 g/mol. The van der Waals surface area contributed by atoms with E-state index >= 15 is 0 Å². The molecule has 1 N–H and O–H groups in total. The predicted molar refractivity (Wildman–Crippen MR) is 73.2 cm³/mol. The standard InChI is InChI=1S/C15H22F2N2/c1-19(9-6-13-4-7-18-11-13)8-5-12-2-3-14(16)15(17)10-12/h2-3,10,13,18H,4-9,11H2,1H3. The van der Waals surface area contributed by atoms with E-state index in [2.05, 4.69) is 17.3 Å². The van der Waals surface area contributed by atoms with Crippen LogP contribution < -0.4 is 5.32 Å². The van der Waals surface area contributed by atoms with Gasteiger partial charge in [-0.15, -0.1) is 0 Å². The minimum atomic E-state index is -0.772. The summed E-state index contributed by atoms with van der Waals surface area (Å²) in [6, 6.07) is 4.16. The van der Waals surface area contributed by atoms with E-state index in [0.717, 1.165) is 44.1 Å². The van der Waals surface area contributed by atoms with Gasteiger partial charge in [0.1, 0.15) is 0 Å². The Morgan fingerprint density at radius 3 is 2.79 bits per heavy atom. The first-order valence-electron chi connectivity index (χ1n) is 6.98. The second kappa shape index (κ2) is 6.96. The molecule has 1 heterocycles. The smallest absolute Gasteiger partial charge is 0.159 e. The van der Waals surface area contributed by atoms with Crippen molar-refractivity contribution >= 4 is 0 Å². The molecule has 0 aliphatic carbocycles. The lowest BCUT2D eigenvalue weighted by atomic mass is 10.0. The van der Waals surface area contributed by atoms with Crippen LogP contribution in [0.15, 0.2) is 18.2 Å². The molecular formula is C15H22F2N2. The molecule has 2 nitrogen and oxygen atoms in total. The van der Waals surface area contributed by atoms with E-state index in [4.69, 9.17) is 0 Å². The predicted octanol–water partition coefficient (Wildman–Crippen LogP) is 2.44. The Kier molecular flexibility index (Phi) is 5.28. The summed E-state index contributed by atoms with van der Waals surface area (Å²) in [6.07, 6.45) is 3.24. The van der Waals surface area contributed by atoms with Gasteiger partial charge in [0.25, 0.3) is 0 Å². The van der Waals surface area contributed by atoms with Crippen LogP contribution in [0.1, 0.15) is 18.4 Å². The molecule has 19 heavy (non-hydrogen) atoms.